The number of rotatable bonds is 4. The van der Waals surface area contributed by atoms with Crippen molar-refractivity contribution in [3.63, 3.8) is 0 Å². The van der Waals surface area contributed by atoms with Gasteiger partial charge in [-0.05, 0) is 24.3 Å². The number of fused-ring (bicyclic) bond motifs is 1. The molecule has 21 heavy (non-hydrogen) atoms. The van der Waals surface area contributed by atoms with Gasteiger partial charge >= 0.3 is 0 Å². The highest BCUT2D eigenvalue weighted by Crippen LogP contribution is 2.28. The van der Waals surface area contributed by atoms with Crippen LogP contribution in [-0.4, -0.2) is 22.1 Å². The number of nitrogens with zero attached hydrogens (tertiary/aromatic N) is 3. The Kier molecular flexibility index (Phi) is 4.22. The van der Waals surface area contributed by atoms with E-state index < -0.39 is 0 Å². The SMILES string of the molecule is COc1ccc2cc(CSc3ncccn3)c(Cl)nc2c1. The third-order valence-electron chi connectivity index (χ3n) is 2.95. The minimum Gasteiger partial charge on any atom is -0.497 e. The Labute approximate surface area is 131 Å². The van der Waals surface area contributed by atoms with E-state index in [0.29, 0.717) is 10.9 Å². The first-order chi connectivity index (χ1) is 10.3. The van der Waals surface area contributed by atoms with E-state index in [1.807, 2.05) is 24.3 Å². The third-order valence-corrected chi connectivity index (χ3v) is 4.20. The van der Waals surface area contributed by atoms with Crippen LogP contribution in [0.25, 0.3) is 10.9 Å². The normalized spacial score (nSPS) is 10.8. The van der Waals surface area contributed by atoms with Gasteiger partial charge in [-0.2, -0.15) is 0 Å². The number of halogens is 1. The molecule has 0 aliphatic heterocycles. The maximum Gasteiger partial charge on any atom is 0.187 e. The first-order valence-corrected chi connectivity index (χ1v) is 7.65. The molecule has 0 saturated carbocycles. The molecule has 0 spiro atoms. The summed E-state index contributed by atoms with van der Waals surface area (Å²) in [7, 11) is 1.63. The molecule has 0 fully saturated rings. The Hall–Kier alpha value is -1.85. The summed E-state index contributed by atoms with van der Waals surface area (Å²) in [5.74, 6) is 1.45. The molecule has 2 aromatic heterocycles. The molecule has 0 aliphatic rings. The zero-order chi connectivity index (χ0) is 14.7. The Bertz CT molecular complexity index is 767. The summed E-state index contributed by atoms with van der Waals surface area (Å²) in [4.78, 5) is 12.8. The topological polar surface area (TPSA) is 47.9 Å². The molecular formula is C15H12ClN3OS. The second kappa shape index (κ2) is 6.28. The molecule has 6 heteroatoms. The van der Waals surface area contributed by atoms with E-state index in [2.05, 4.69) is 15.0 Å². The fourth-order valence-corrected chi connectivity index (χ4v) is 2.96. The monoisotopic (exact) mass is 317 g/mol. The second-order valence-corrected chi connectivity index (χ2v) is 5.62. The smallest absolute Gasteiger partial charge is 0.187 e. The molecule has 0 amide bonds. The fraction of sp³-hybridized carbons (Fsp3) is 0.133. The van der Waals surface area contributed by atoms with Crippen molar-refractivity contribution in [1.29, 1.82) is 0 Å². The maximum absolute atomic E-state index is 6.26. The van der Waals surface area contributed by atoms with Crippen molar-refractivity contribution in [2.24, 2.45) is 0 Å². The van der Waals surface area contributed by atoms with Gasteiger partial charge in [0.15, 0.2) is 5.16 Å². The molecule has 0 atom stereocenters. The molecule has 0 saturated heterocycles. The van der Waals surface area contributed by atoms with Crippen molar-refractivity contribution < 1.29 is 4.74 Å². The summed E-state index contributed by atoms with van der Waals surface area (Å²) in [6, 6.07) is 9.60. The molecule has 106 valence electrons. The van der Waals surface area contributed by atoms with Crippen LogP contribution in [-0.2, 0) is 5.75 Å². The lowest BCUT2D eigenvalue weighted by atomic mass is 10.1. The van der Waals surface area contributed by atoms with Crippen LogP contribution in [0.15, 0.2) is 47.9 Å². The Morgan fingerprint density at radius 2 is 2.00 bits per heavy atom. The van der Waals surface area contributed by atoms with Gasteiger partial charge in [0, 0.05) is 35.2 Å². The number of methoxy groups -OCH3 is 1. The Morgan fingerprint density at radius 1 is 1.19 bits per heavy atom. The number of hydrogen-bond acceptors (Lipinski definition) is 5. The number of thioether (sulfide) groups is 1. The summed E-state index contributed by atoms with van der Waals surface area (Å²) in [5.41, 5.74) is 1.79. The standard InChI is InChI=1S/C15H12ClN3OS/c1-20-12-4-3-10-7-11(14(16)19-13(10)8-12)9-21-15-17-5-2-6-18-15/h2-8H,9H2,1H3. The van der Waals surface area contributed by atoms with E-state index in [1.165, 1.54) is 11.8 Å². The highest BCUT2D eigenvalue weighted by atomic mass is 35.5. The molecule has 0 radical (unpaired) electrons. The van der Waals surface area contributed by atoms with Gasteiger partial charge in [0.1, 0.15) is 10.9 Å². The molecule has 1 aromatic carbocycles. The number of hydrogen-bond donors (Lipinski definition) is 0. The lowest BCUT2D eigenvalue weighted by molar-refractivity contribution is 0.415. The predicted octanol–water partition coefficient (Wildman–Crippen LogP) is 3.98. The van der Waals surface area contributed by atoms with Crippen LogP contribution in [0.2, 0.25) is 5.15 Å². The first kappa shape index (κ1) is 14.1. The van der Waals surface area contributed by atoms with Gasteiger partial charge in [0.2, 0.25) is 0 Å². The van der Waals surface area contributed by atoms with E-state index in [9.17, 15) is 0 Å². The van der Waals surface area contributed by atoms with E-state index in [0.717, 1.165) is 27.4 Å². The van der Waals surface area contributed by atoms with Crippen LogP contribution in [0.1, 0.15) is 5.56 Å². The van der Waals surface area contributed by atoms with Crippen LogP contribution in [0.5, 0.6) is 5.75 Å². The fourth-order valence-electron chi connectivity index (χ4n) is 1.90. The van der Waals surface area contributed by atoms with Crippen LogP contribution < -0.4 is 4.74 Å². The summed E-state index contributed by atoms with van der Waals surface area (Å²) < 4.78 is 5.19. The van der Waals surface area contributed by atoms with Crippen LogP contribution in [0, 0.1) is 0 Å². The number of pyridine rings is 1. The van der Waals surface area contributed by atoms with Gasteiger partial charge in [-0.25, -0.2) is 15.0 Å². The lowest BCUT2D eigenvalue weighted by Gasteiger charge is -2.07. The summed E-state index contributed by atoms with van der Waals surface area (Å²) >= 11 is 7.79. The maximum atomic E-state index is 6.26. The molecule has 0 aliphatic carbocycles. The summed E-state index contributed by atoms with van der Waals surface area (Å²) in [6.45, 7) is 0. The number of aromatic nitrogens is 3. The zero-order valence-electron chi connectivity index (χ0n) is 11.3. The van der Waals surface area contributed by atoms with Crippen LogP contribution in [0.3, 0.4) is 0 Å². The average Bonchev–Trinajstić information content (AvgIpc) is 2.53. The van der Waals surface area contributed by atoms with Crippen LogP contribution in [0.4, 0.5) is 0 Å². The van der Waals surface area contributed by atoms with Crippen molar-refractivity contribution in [1.82, 2.24) is 15.0 Å². The van der Waals surface area contributed by atoms with Gasteiger partial charge in [-0.15, -0.1) is 0 Å². The molecule has 4 nitrogen and oxygen atoms in total. The second-order valence-electron chi connectivity index (χ2n) is 4.32. The van der Waals surface area contributed by atoms with Crippen molar-refractivity contribution >= 4 is 34.3 Å². The Balaban J connectivity index is 1.87. The minimum absolute atomic E-state index is 0.499. The van der Waals surface area contributed by atoms with E-state index in [-0.39, 0.29) is 0 Å². The molecular weight excluding hydrogens is 306 g/mol. The third kappa shape index (κ3) is 3.25. The average molecular weight is 318 g/mol. The molecule has 0 N–H and O–H groups in total. The zero-order valence-corrected chi connectivity index (χ0v) is 12.9. The Morgan fingerprint density at radius 3 is 2.76 bits per heavy atom. The van der Waals surface area contributed by atoms with E-state index in [4.69, 9.17) is 16.3 Å². The quantitative estimate of drug-likeness (QED) is 0.414. The summed E-state index contributed by atoms with van der Waals surface area (Å²) in [5, 5.41) is 2.26. The van der Waals surface area contributed by atoms with Gasteiger partial charge in [0.05, 0.1) is 12.6 Å². The molecule has 2 heterocycles. The first-order valence-electron chi connectivity index (χ1n) is 6.29. The van der Waals surface area contributed by atoms with Crippen molar-refractivity contribution in [2.75, 3.05) is 7.11 Å². The summed E-state index contributed by atoms with van der Waals surface area (Å²) in [6.07, 6.45) is 3.45. The minimum atomic E-state index is 0.499. The van der Waals surface area contributed by atoms with Gasteiger partial charge in [0.25, 0.3) is 0 Å². The van der Waals surface area contributed by atoms with Crippen LogP contribution >= 0.6 is 23.4 Å². The van der Waals surface area contributed by atoms with E-state index >= 15 is 0 Å². The molecule has 3 aromatic rings. The van der Waals surface area contributed by atoms with Crippen molar-refractivity contribution in [2.45, 2.75) is 10.9 Å². The van der Waals surface area contributed by atoms with Gasteiger partial charge < -0.3 is 4.74 Å². The molecule has 3 rings (SSSR count). The number of ether oxygens (including phenoxy) is 1. The molecule has 0 unspecified atom stereocenters. The van der Waals surface area contributed by atoms with Gasteiger partial charge in [-0.1, -0.05) is 23.4 Å². The van der Waals surface area contributed by atoms with Crippen molar-refractivity contribution in [3.05, 3.63) is 53.4 Å². The molecule has 0 bridgehead atoms. The largest absolute Gasteiger partial charge is 0.497 e. The highest BCUT2D eigenvalue weighted by molar-refractivity contribution is 7.98. The predicted molar refractivity (Wildman–Crippen MR) is 84.9 cm³/mol. The number of benzene rings is 1. The van der Waals surface area contributed by atoms with E-state index in [1.54, 1.807) is 25.6 Å². The van der Waals surface area contributed by atoms with Gasteiger partial charge in [-0.3, -0.25) is 0 Å². The van der Waals surface area contributed by atoms with Crippen molar-refractivity contribution in [3.8, 4) is 5.75 Å². The lowest BCUT2D eigenvalue weighted by Crippen LogP contribution is -1.91. The highest BCUT2D eigenvalue weighted by Gasteiger charge is 2.07.